The Morgan fingerprint density at radius 2 is 1.92 bits per heavy atom. The Labute approximate surface area is 155 Å². The van der Waals surface area contributed by atoms with Crippen LogP contribution in [0.2, 0.25) is 0 Å². The highest BCUT2D eigenvalue weighted by molar-refractivity contribution is 5.69. The Hall–Kier alpha value is -2.30. The lowest BCUT2D eigenvalue weighted by Crippen LogP contribution is -2.42. The van der Waals surface area contributed by atoms with Crippen LogP contribution in [0.15, 0.2) is 24.4 Å². The zero-order chi connectivity index (χ0) is 18.9. The molecule has 3 rings (SSSR count). The van der Waals surface area contributed by atoms with Gasteiger partial charge < -0.3 is 9.72 Å². The number of amides is 1. The minimum absolute atomic E-state index is 0.0586. The van der Waals surface area contributed by atoms with Crippen LogP contribution >= 0.6 is 0 Å². The molecule has 0 bridgehead atoms. The van der Waals surface area contributed by atoms with Crippen LogP contribution < -0.4 is 0 Å². The largest absolute Gasteiger partial charge is 0.444 e. The molecule has 1 aliphatic rings. The summed E-state index contributed by atoms with van der Waals surface area (Å²) in [5.41, 5.74) is 4.13. The van der Waals surface area contributed by atoms with E-state index in [0.29, 0.717) is 6.54 Å². The number of ether oxygens (including phenoxy) is 1. The number of piperidine rings is 1. The van der Waals surface area contributed by atoms with Gasteiger partial charge in [0.15, 0.2) is 0 Å². The summed E-state index contributed by atoms with van der Waals surface area (Å²) < 4.78 is 5.60. The van der Waals surface area contributed by atoms with Gasteiger partial charge in [-0.2, -0.15) is 0 Å². The van der Waals surface area contributed by atoms with Gasteiger partial charge in [0.1, 0.15) is 11.4 Å². The number of rotatable bonds is 2. The molecule has 26 heavy (non-hydrogen) atoms. The van der Waals surface area contributed by atoms with Gasteiger partial charge >= 0.3 is 6.09 Å². The minimum Gasteiger partial charge on any atom is -0.444 e. The summed E-state index contributed by atoms with van der Waals surface area (Å²) in [6.07, 6.45) is 4.61. The summed E-state index contributed by atoms with van der Waals surface area (Å²) in [5, 5.41) is 0. The Kier molecular flexibility index (Phi) is 5.08. The number of aromatic amines is 1. The minimum atomic E-state index is -0.494. The second-order valence-corrected chi connectivity index (χ2v) is 8.13. The Balaban J connectivity index is 1.88. The molecule has 1 aromatic heterocycles. The van der Waals surface area contributed by atoms with E-state index >= 15 is 0 Å². The van der Waals surface area contributed by atoms with E-state index in [0.717, 1.165) is 30.8 Å². The summed E-state index contributed by atoms with van der Waals surface area (Å²) in [5.74, 6) is 0.841. The first-order chi connectivity index (χ1) is 12.3. The molecule has 1 fully saturated rings. The van der Waals surface area contributed by atoms with E-state index in [9.17, 15) is 4.79 Å². The van der Waals surface area contributed by atoms with Gasteiger partial charge in [0.05, 0.1) is 17.9 Å². The van der Waals surface area contributed by atoms with Crippen LogP contribution in [0.1, 0.15) is 63.0 Å². The number of benzene rings is 1. The lowest BCUT2D eigenvalue weighted by molar-refractivity contribution is 0.00854. The highest BCUT2D eigenvalue weighted by Crippen LogP contribution is 2.33. The van der Waals surface area contributed by atoms with Crippen molar-refractivity contribution in [2.45, 2.75) is 65.5 Å². The van der Waals surface area contributed by atoms with Crippen LogP contribution in [-0.4, -0.2) is 33.1 Å². The number of hydrogen-bond donors (Lipinski definition) is 1. The van der Waals surface area contributed by atoms with Crippen LogP contribution in [0, 0.1) is 13.8 Å². The number of H-pyrrole nitrogens is 1. The van der Waals surface area contributed by atoms with E-state index in [2.05, 4.69) is 42.0 Å². The van der Waals surface area contributed by atoms with Crippen molar-refractivity contribution in [2.24, 2.45) is 0 Å². The van der Waals surface area contributed by atoms with Gasteiger partial charge in [-0.15, -0.1) is 0 Å². The molecule has 1 aliphatic heterocycles. The van der Waals surface area contributed by atoms with E-state index in [-0.39, 0.29) is 12.1 Å². The maximum atomic E-state index is 12.6. The summed E-state index contributed by atoms with van der Waals surface area (Å²) in [6, 6.07) is 6.22. The van der Waals surface area contributed by atoms with Gasteiger partial charge in [-0.05, 0) is 65.0 Å². The number of aromatic nitrogens is 2. The molecule has 0 saturated carbocycles. The number of carbonyl (C=O) groups is 1. The van der Waals surface area contributed by atoms with E-state index < -0.39 is 5.60 Å². The Morgan fingerprint density at radius 3 is 2.58 bits per heavy atom. The smallest absolute Gasteiger partial charge is 0.410 e. The van der Waals surface area contributed by atoms with Crippen molar-refractivity contribution in [3.63, 3.8) is 0 Å². The van der Waals surface area contributed by atoms with Crippen LogP contribution in [0.5, 0.6) is 0 Å². The first-order valence-corrected chi connectivity index (χ1v) is 9.37. The Bertz CT molecular complexity index is 769. The fourth-order valence-electron chi connectivity index (χ4n) is 3.63. The summed E-state index contributed by atoms with van der Waals surface area (Å²) in [7, 11) is 0. The van der Waals surface area contributed by atoms with Crippen LogP contribution in [0.3, 0.4) is 0 Å². The molecule has 1 unspecified atom stereocenters. The lowest BCUT2D eigenvalue weighted by atomic mass is 10.0. The zero-order valence-corrected chi connectivity index (χ0v) is 16.4. The molecular formula is C21H29N3O2. The number of carbonyl (C=O) groups excluding carboxylic acids is 1. The first-order valence-electron chi connectivity index (χ1n) is 9.37. The first kappa shape index (κ1) is 18.5. The second-order valence-electron chi connectivity index (χ2n) is 8.13. The SMILES string of the molecule is Cc1cccc(C)c1-c1cnc(C2CCCCN2C(=O)OC(C)(C)C)[nH]1. The van der Waals surface area contributed by atoms with Gasteiger partial charge in [0.2, 0.25) is 0 Å². The third-order valence-electron chi connectivity index (χ3n) is 4.79. The number of nitrogens with zero attached hydrogens (tertiary/aromatic N) is 2. The molecule has 1 N–H and O–H groups in total. The van der Waals surface area contributed by atoms with Crippen molar-refractivity contribution in [3.8, 4) is 11.3 Å². The van der Waals surface area contributed by atoms with E-state index in [1.807, 2.05) is 31.9 Å². The monoisotopic (exact) mass is 355 g/mol. The molecule has 0 spiro atoms. The lowest BCUT2D eigenvalue weighted by Gasteiger charge is -2.35. The van der Waals surface area contributed by atoms with Gasteiger partial charge in [0, 0.05) is 12.1 Å². The van der Waals surface area contributed by atoms with Crippen LogP contribution in [0.4, 0.5) is 4.79 Å². The number of aryl methyl sites for hydroxylation is 2. The second kappa shape index (κ2) is 7.14. The molecule has 0 radical (unpaired) electrons. The highest BCUT2D eigenvalue weighted by atomic mass is 16.6. The third kappa shape index (κ3) is 3.92. The van der Waals surface area contributed by atoms with Crippen molar-refractivity contribution in [3.05, 3.63) is 41.3 Å². The molecule has 1 saturated heterocycles. The molecule has 1 atom stereocenters. The van der Waals surface area contributed by atoms with Crippen molar-refractivity contribution < 1.29 is 9.53 Å². The standard InChI is InChI=1S/C21H29N3O2/c1-14-9-8-10-15(2)18(14)16-13-22-19(23-16)17-11-6-7-12-24(17)20(25)26-21(3,4)5/h8-10,13,17H,6-7,11-12H2,1-5H3,(H,22,23). The summed E-state index contributed by atoms with van der Waals surface area (Å²) in [4.78, 5) is 22.6. The summed E-state index contributed by atoms with van der Waals surface area (Å²) >= 11 is 0. The van der Waals surface area contributed by atoms with Crippen molar-refractivity contribution in [1.82, 2.24) is 14.9 Å². The highest BCUT2D eigenvalue weighted by Gasteiger charge is 2.33. The number of nitrogens with one attached hydrogen (secondary N) is 1. The van der Waals surface area contributed by atoms with E-state index in [1.54, 1.807) is 0 Å². The van der Waals surface area contributed by atoms with Gasteiger partial charge in [0.25, 0.3) is 0 Å². The van der Waals surface area contributed by atoms with Crippen LogP contribution in [0.25, 0.3) is 11.3 Å². The average molecular weight is 355 g/mol. The maximum Gasteiger partial charge on any atom is 0.410 e. The number of hydrogen-bond acceptors (Lipinski definition) is 3. The van der Waals surface area contributed by atoms with Gasteiger partial charge in [-0.1, -0.05) is 18.2 Å². The maximum absolute atomic E-state index is 12.6. The fourth-order valence-corrected chi connectivity index (χ4v) is 3.63. The Morgan fingerprint density at radius 1 is 1.23 bits per heavy atom. The van der Waals surface area contributed by atoms with Crippen molar-refractivity contribution >= 4 is 6.09 Å². The predicted molar refractivity (Wildman–Crippen MR) is 103 cm³/mol. The van der Waals surface area contributed by atoms with Crippen molar-refractivity contribution in [1.29, 1.82) is 0 Å². The molecule has 140 valence electrons. The molecule has 5 nitrogen and oxygen atoms in total. The summed E-state index contributed by atoms with van der Waals surface area (Å²) in [6.45, 7) is 10.6. The molecular weight excluding hydrogens is 326 g/mol. The molecule has 2 heterocycles. The fraction of sp³-hybridized carbons (Fsp3) is 0.524. The number of imidazole rings is 1. The van der Waals surface area contributed by atoms with Gasteiger partial charge in [-0.3, -0.25) is 4.90 Å². The molecule has 1 aromatic carbocycles. The molecule has 2 aromatic rings. The average Bonchev–Trinajstić information content (AvgIpc) is 3.02. The zero-order valence-electron chi connectivity index (χ0n) is 16.4. The number of likely N-dealkylation sites (tertiary alicyclic amines) is 1. The topological polar surface area (TPSA) is 58.2 Å². The van der Waals surface area contributed by atoms with Gasteiger partial charge in [-0.25, -0.2) is 9.78 Å². The van der Waals surface area contributed by atoms with Crippen LogP contribution in [-0.2, 0) is 4.74 Å². The van der Waals surface area contributed by atoms with E-state index in [4.69, 9.17) is 4.74 Å². The predicted octanol–water partition coefficient (Wildman–Crippen LogP) is 5.16. The molecule has 1 amide bonds. The van der Waals surface area contributed by atoms with Crippen molar-refractivity contribution in [2.75, 3.05) is 6.54 Å². The molecule has 0 aliphatic carbocycles. The van der Waals surface area contributed by atoms with E-state index in [1.165, 1.54) is 16.7 Å². The third-order valence-corrected chi connectivity index (χ3v) is 4.79. The normalized spacial score (nSPS) is 18.0. The molecule has 5 heteroatoms. The quantitative estimate of drug-likeness (QED) is 0.810.